The minimum absolute atomic E-state index is 0.839. The first kappa shape index (κ1) is 7.34. The fraction of sp³-hybridized carbons (Fsp3) is 1.00. The number of nitrogens with zero attached hydrogens (tertiary/aromatic N) is 1. The van der Waals surface area contributed by atoms with E-state index in [4.69, 9.17) is 0 Å². The predicted molar refractivity (Wildman–Crippen MR) is 49.2 cm³/mol. The lowest BCUT2D eigenvalue weighted by Gasteiger charge is -2.33. The summed E-state index contributed by atoms with van der Waals surface area (Å²) in [7, 11) is 0. The SMILES string of the molecule is C1CC(CN2C3CCC2CC3)N1. The van der Waals surface area contributed by atoms with E-state index >= 15 is 0 Å². The van der Waals surface area contributed by atoms with Gasteiger partial charge in [0.15, 0.2) is 0 Å². The Morgan fingerprint density at radius 2 is 1.58 bits per heavy atom. The molecule has 0 radical (unpaired) electrons. The third-order valence-electron chi connectivity index (χ3n) is 3.96. The van der Waals surface area contributed by atoms with Gasteiger partial charge in [0.05, 0.1) is 0 Å². The van der Waals surface area contributed by atoms with Crippen LogP contribution in [-0.4, -0.2) is 36.1 Å². The second-order valence-electron chi connectivity index (χ2n) is 4.60. The van der Waals surface area contributed by atoms with Gasteiger partial charge in [-0.25, -0.2) is 0 Å². The zero-order valence-electron chi connectivity index (χ0n) is 7.63. The lowest BCUT2D eigenvalue weighted by Crippen LogP contribution is -2.51. The van der Waals surface area contributed by atoms with Crippen LogP contribution in [0.1, 0.15) is 32.1 Å². The van der Waals surface area contributed by atoms with E-state index < -0.39 is 0 Å². The van der Waals surface area contributed by atoms with Crippen molar-refractivity contribution in [1.29, 1.82) is 0 Å². The summed E-state index contributed by atoms with van der Waals surface area (Å²) in [5.41, 5.74) is 0. The van der Waals surface area contributed by atoms with E-state index in [0.29, 0.717) is 0 Å². The lowest BCUT2D eigenvalue weighted by atomic mass is 10.0. The third kappa shape index (κ3) is 1.01. The van der Waals surface area contributed by atoms with Crippen LogP contribution in [0.3, 0.4) is 0 Å². The summed E-state index contributed by atoms with van der Waals surface area (Å²) in [5.74, 6) is 0. The molecule has 0 aromatic heterocycles. The molecule has 1 N–H and O–H groups in total. The Kier molecular flexibility index (Phi) is 1.66. The molecule has 3 saturated heterocycles. The molecule has 3 aliphatic rings. The zero-order valence-corrected chi connectivity index (χ0v) is 7.63. The van der Waals surface area contributed by atoms with Gasteiger partial charge in [0, 0.05) is 24.7 Å². The normalized spacial score (nSPS) is 46.5. The van der Waals surface area contributed by atoms with E-state index in [1.165, 1.54) is 45.2 Å². The van der Waals surface area contributed by atoms with Crippen LogP contribution in [0, 0.1) is 0 Å². The average molecular weight is 166 g/mol. The molecule has 1 unspecified atom stereocenters. The topological polar surface area (TPSA) is 15.3 Å². The van der Waals surface area contributed by atoms with Gasteiger partial charge in [-0.1, -0.05) is 0 Å². The molecule has 2 heteroatoms. The Bertz CT molecular complexity index is 157. The second-order valence-corrected chi connectivity index (χ2v) is 4.60. The number of fused-ring (bicyclic) bond motifs is 2. The molecule has 0 aromatic carbocycles. The Morgan fingerprint density at radius 1 is 1.00 bits per heavy atom. The molecular weight excluding hydrogens is 148 g/mol. The number of rotatable bonds is 2. The first-order valence-electron chi connectivity index (χ1n) is 5.42. The Balaban J connectivity index is 1.61. The first-order valence-corrected chi connectivity index (χ1v) is 5.42. The van der Waals surface area contributed by atoms with Gasteiger partial charge in [0.1, 0.15) is 0 Å². The fourth-order valence-electron chi connectivity index (χ4n) is 3.08. The molecule has 0 aromatic rings. The van der Waals surface area contributed by atoms with Crippen LogP contribution < -0.4 is 5.32 Å². The highest BCUT2D eigenvalue weighted by Crippen LogP contribution is 2.37. The molecule has 3 fully saturated rings. The van der Waals surface area contributed by atoms with Crippen molar-refractivity contribution in [1.82, 2.24) is 10.2 Å². The maximum Gasteiger partial charge on any atom is 0.0207 e. The minimum Gasteiger partial charge on any atom is -0.313 e. The molecule has 0 amide bonds. The average Bonchev–Trinajstić information content (AvgIpc) is 2.55. The monoisotopic (exact) mass is 166 g/mol. The predicted octanol–water partition coefficient (Wildman–Crippen LogP) is 0.975. The quantitative estimate of drug-likeness (QED) is 0.657. The van der Waals surface area contributed by atoms with Crippen molar-refractivity contribution in [2.45, 2.75) is 50.2 Å². The molecule has 0 spiro atoms. The van der Waals surface area contributed by atoms with Crippen molar-refractivity contribution >= 4 is 0 Å². The van der Waals surface area contributed by atoms with Crippen LogP contribution in [0.15, 0.2) is 0 Å². The molecule has 0 aliphatic carbocycles. The van der Waals surface area contributed by atoms with E-state index in [9.17, 15) is 0 Å². The molecule has 0 saturated carbocycles. The van der Waals surface area contributed by atoms with Crippen LogP contribution in [0.4, 0.5) is 0 Å². The first-order chi connectivity index (χ1) is 5.93. The van der Waals surface area contributed by atoms with E-state index in [1.54, 1.807) is 0 Å². The summed E-state index contributed by atoms with van der Waals surface area (Å²) in [6.45, 7) is 2.60. The highest BCUT2D eigenvalue weighted by molar-refractivity contribution is 4.97. The molecule has 3 rings (SSSR count). The summed E-state index contributed by atoms with van der Waals surface area (Å²) < 4.78 is 0. The zero-order chi connectivity index (χ0) is 7.97. The second kappa shape index (κ2) is 2.71. The van der Waals surface area contributed by atoms with Gasteiger partial charge in [-0.05, 0) is 38.6 Å². The van der Waals surface area contributed by atoms with Gasteiger partial charge < -0.3 is 5.32 Å². The largest absolute Gasteiger partial charge is 0.313 e. The number of hydrogen-bond donors (Lipinski definition) is 1. The van der Waals surface area contributed by atoms with Crippen molar-refractivity contribution in [3.8, 4) is 0 Å². The molecule has 2 nitrogen and oxygen atoms in total. The van der Waals surface area contributed by atoms with Crippen LogP contribution in [-0.2, 0) is 0 Å². The van der Waals surface area contributed by atoms with Gasteiger partial charge in [-0.2, -0.15) is 0 Å². The molecule has 12 heavy (non-hydrogen) atoms. The van der Waals surface area contributed by atoms with Crippen LogP contribution in [0.2, 0.25) is 0 Å². The number of hydrogen-bond acceptors (Lipinski definition) is 2. The van der Waals surface area contributed by atoms with E-state index in [-0.39, 0.29) is 0 Å². The highest BCUT2D eigenvalue weighted by Gasteiger charge is 2.40. The van der Waals surface area contributed by atoms with Crippen LogP contribution in [0.5, 0.6) is 0 Å². The van der Waals surface area contributed by atoms with Crippen molar-refractivity contribution in [2.75, 3.05) is 13.1 Å². The van der Waals surface area contributed by atoms with Crippen molar-refractivity contribution in [3.05, 3.63) is 0 Å². The smallest absolute Gasteiger partial charge is 0.0207 e. The van der Waals surface area contributed by atoms with Crippen LogP contribution in [0.25, 0.3) is 0 Å². The van der Waals surface area contributed by atoms with Gasteiger partial charge >= 0.3 is 0 Å². The summed E-state index contributed by atoms with van der Waals surface area (Å²) in [4.78, 5) is 2.77. The Morgan fingerprint density at radius 3 is 2.00 bits per heavy atom. The maximum absolute atomic E-state index is 3.50. The van der Waals surface area contributed by atoms with Crippen molar-refractivity contribution in [3.63, 3.8) is 0 Å². The Labute approximate surface area is 74.3 Å². The molecule has 1 atom stereocenters. The van der Waals surface area contributed by atoms with Crippen LogP contribution >= 0.6 is 0 Å². The minimum atomic E-state index is 0.839. The van der Waals surface area contributed by atoms with E-state index in [1.807, 2.05) is 0 Å². The standard InChI is InChI=1S/C10H18N2/c1-2-10-4-3-9(1)12(10)7-8-5-6-11-8/h8-11H,1-7H2. The van der Waals surface area contributed by atoms with Crippen molar-refractivity contribution in [2.24, 2.45) is 0 Å². The van der Waals surface area contributed by atoms with E-state index in [2.05, 4.69) is 10.2 Å². The van der Waals surface area contributed by atoms with Gasteiger partial charge in [-0.15, -0.1) is 0 Å². The van der Waals surface area contributed by atoms with E-state index in [0.717, 1.165) is 18.1 Å². The fourth-order valence-corrected chi connectivity index (χ4v) is 3.08. The summed E-state index contributed by atoms with van der Waals surface area (Å²) >= 11 is 0. The Hall–Kier alpha value is -0.0800. The maximum atomic E-state index is 3.50. The highest BCUT2D eigenvalue weighted by atomic mass is 15.3. The molecule has 2 bridgehead atoms. The third-order valence-corrected chi connectivity index (χ3v) is 3.96. The van der Waals surface area contributed by atoms with Gasteiger partial charge in [0.25, 0.3) is 0 Å². The molecule has 3 aliphatic heterocycles. The molecule has 68 valence electrons. The number of nitrogens with one attached hydrogen (secondary N) is 1. The molecule has 3 heterocycles. The van der Waals surface area contributed by atoms with Gasteiger partial charge in [-0.3, -0.25) is 4.90 Å². The molecular formula is C10H18N2. The summed E-state index contributed by atoms with van der Waals surface area (Å²) in [6.07, 6.45) is 7.35. The summed E-state index contributed by atoms with van der Waals surface area (Å²) in [6, 6.07) is 2.78. The van der Waals surface area contributed by atoms with Gasteiger partial charge in [0.2, 0.25) is 0 Å². The van der Waals surface area contributed by atoms with Crippen molar-refractivity contribution < 1.29 is 0 Å². The lowest BCUT2D eigenvalue weighted by molar-refractivity contribution is 0.191. The summed E-state index contributed by atoms with van der Waals surface area (Å²) in [5, 5.41) is 3.50.